The Bertz CT molecular complexity index is 641. The van der Waals surface area contributed by atoms with Crippen LogP contribution in [0.2, 0.25) is 0 Å². The summed E-state index contributed by atoms with van der Waals surface area (Å²) in [5, 5.41) is 0. The van der Waals surface area contributed by atoms with Gasteiger partial charge in [-0.1, -0.05) is 55.9 Å². The summed E-state index contributed by atoms with van der Waals surface area (Å²) < 4.78 is 0.730. The van der Waals surface area contributed by atoms with Gasteiger partial charge in [0.1, 0.15) is 10.5 Å². The Morgan fingerprint density at radius 1 is 1.26 bits per heavy atom. The van der Waals surface area contributed by atoms with E-state index in [0.29, 0.717) is 5.92 Å². The van der Waals surface area contributed by atoms with E-state index in [4.69, 9.17) is 12.2 Å². The van der Waals surface area contributed by atoms with Crippen molar-refractivity contribution in [3.63, 3.8) is 0 Å². The first-order valence-corrected chi connectivity index (χ1v) is 7.03. The van der Waals surface area contributed by atoms with Gasteiger partial charge in [-0.15, -0.1) is 0 Å². The number of benzene rings is 1. The summed E-state index contributed by atoms with van der Waals surface area (Å²) in [5.41, 5.74) is 4.82. The molecule has 0 amide bonds. The van der Waals surface area contributed by atoms with Crippen molar-refractivity contribution < 1.29 is 0 Å². The first-order valence-electron chi connectivity index (χ1n) is 6.62. The highest BCUT2D eigenvalue weighted by atomic mass is 32.1. The fourth-order valence-electron chi connectivity index (χ4n) is 2.43. The lowest BCUT2D eigenvalue weighted by Crippen LogP contribution is -2.05. The summed E-state index contributed by atoms with van der Waals surface area (Å²) in [6, 6.07) is 8.49. The Morgan fingerprint density at radius 2 is 2.00 bits per heavy atom. The molecule has 1 heterocycles. The number of aryl methyl sites for hydroxylation is 2. The Kier molecular flexibility index (Phi) is 4.15. The Morgan fingerprint density at radius 3 is 2.58 bits per heavy atom. The molecule has 2 aromatic rings. The Labute approximate surface area is 119 Å². The molecule has 1 aromatic heterocycles. The van der Waals surface area contributed by atoms with Crippen LogP contribution in [0.25, 0.3) is 0 Å². The van der Waals surface area contributed by atoms with Gasteiger partial charge in [-0.25, -0.2) is 4.98 Å². The SMILES string of the molecule is Cc1cccc(Cc2nc(=S)c(C(C)C)c(C)[nH]2)c1. The molecule has 0 aliphatic carbocycles. The van der Waals surface area contributed by atoms with Crippen molar-refractivity contribution in [1.82, 2.24) is 9.97 Å². The predicted molar refractivity (Wildman–Crippen MR) is 82.2 cm³/mol. The topological polar surface area (TPSA) is 28.7 Å². The number of aromatic nitrogens is 2. The number of hydrogen-bond donors (Lipinski definition) is 1. The molecule has 0 saturated heterocycles. The molecular formula is C16H20N2S. The van der Waals surface area contributed by atoms with E-state index in [1.54, 1.807) is 0 Å². The second-order valence-electron chi connectivity index (χ2n) is 5.35. The standard InChI is InChI=1S/C16H20N2S/c1-10(2)15-12(4)17-14(18-16(15)19)9-13-7-5-6-11(3)8-13/h5-8,10H,9H2,1-4H3,(H,17,18,19). The van der Waals surface area contributed by atoms with Crippen LogP contribution < -0.4 is 0 Å². The average Bonchev–Trinajstić information content (AvgIpc) is 2.27. The molecule has 3 heteroatoms. The van der Waals surface area contributed by atoms with Gasteiger partial charge in [0.15, 0.2) is 0 Å². The van der Waals surface area contributed by atoms with E-state index in [1.165, 1.54) is 11.1 Å². The lowest BCUT2D eigenvalue weighted by molar-refractivity contribution is 0.803. The fourth-order valence-corrected chi connectivity index (χ4v) is 2.93. The molecule has 0 bridgehead atoms. The van der Waals surface area contributed by atoms with E-state index < -0.39 is 0 Å². The third-order valence-corrected chi connectivity index (χ3v) is 3.55. The molecule has 1 N–H and O–H groups in total. The smallest absolute Gasteiger partial charge is 0.133 e. The van der Waals surface area contributed by atoms with Crippen molar-refractivity contribution in [3.05, 3.63) is 57.1 Å². The molecule has 0 aliphatic rings. The fraction of sp³-hybridized carbons (Fsp3) is 0.375. The molecule has 2 rings (SSSR count). The molecule has 0 aliphatic heterocycles. The van der Waals surface area contributed by atoms with Gasteiger partial charge in [0.2, 0.25) is 0 Å². The molecule has 0 fully saturated rings. The van der Waals surface area contributed by atoms with Crippen LogP contribution >= 0.6 is 12.2 Å². The molecule has 0 radical (unpaired) electrons. The first kappa shape index (κ1) is 13.9. The van der Waals surface area contributed by atoms with Gasteiger partial charge >= 0.3 is 0 Å². The maximum atomic E-state index is 5.41. The first-order chi connectivity index (χ1) is 8.97. The molecule has 0 unspecified atom stereocenters. The highest BCUT2D eigenvalue weighted by Crippen LogP contribution is 2.19. The van der Waals surface area contributed by atoms with E-state index in [1.807, 2.05) is 0 Å². The van der Waals surface area contributed by atoms with Gasteiger partial charge in [0.25, 0.3) is 0 Å². The molecule has 0 spiro atoms. The monoisotopic (exact) mass is 272 g/mol. The van der Waals surface area contributed by atoms with Crippen LogP contribution in [-0.4, -0.2) is 9.97 Å². The van der Waals surface area contributed by atoms with Gasteiger partial charge in [-0.05, 0) is 25.3 Å². The van der Waals surface area contributed by atoms with Crippen molar-refractivity contribution >= 4 is 12.2 Å². The summed E-state index contributed by atoms with van der Waals surface area (Å²) >= 11 is 5.41. The van der Waals surface area contributed by atoms with Crippen molar-refractivity contribution in [2.45, 2.75) is 40.0 Å². The number of rotatable bonds is 3. The molecule has 0 atom stereocenters. The lowest BCUT2D eigenvalue weighted by Gasteiger charge is -2.11. The van der Waals surface area contributed by atoms with Crippen LogP contribution in [0.15, 0.2) is 24.3 Å². The highest BCUT2D eigenvalue weighted by molar-refractivity contribution is 7.71. The van der Waals surface area contributed by atoms with E-state index in [-0.39, 0.29) is 0 Å². The van der Waals surface area contributed by atoms with Crippen LogP contribution in [0.1, 0.15) is 48.0 Å². The summed E-state index contributed by atoms with van der Waals surface area (Å²) in [6.07, 6.45) is 0.796. The number of nitrogens with one attached hydrogen (secondary N) is 1. The van der Waals surface area contributed by atoms with Crippen LogP contribution in [0.5, 0.6) is 0 Å². The molecule has 2 nitrogen and oxygen atoms in total. The maximum Gasteiger partial charge on any atom is 0.133 e. The van der Waals surface area contributed by atoms with E-state index in [9.17, 15) is 0 Å². The molecule has 100 valence electrons. The normalized spacial score (nSPS) is 11.0. The van der Waals surface area contributed by atoms with E-state index in [0.717, 1.165) is 28.1 Å². The zero-order chi connectivity index (χ0) is 14.0. The van der Waals surface area contributed by atoms with Crippen molar-refractivity contribution in [3.8, 4) is 0 Å². The zero-order valence-corrected chi connectivity index (χ0v) is 12.8. The van der Waals surface area contributed by atoms with Gasteiger partial charge < -0.3 is 4.98 Å². The zero-order valence-electron chi connectivity index (χ0n) is 11.9. The summed E-state index contributed by atoms with van der Waals surface area (Å²) in [6.45, 7) is 8.47. The van der Waals surface area contributed by atoms with Crippen LogP contribution in [0.4, 0.5) is 0 Å². The third-order valence-electron chi connectivity index (χ3n) is 3.23. The highest BCUT2D eigenvalue weighted by Gasteiger charge is 2.09. The second-order valence-corrected chi connectivity index (χ2v) is 5.73. The summed E-state index contributed by atoms with van der Waals surface area (Å²) in [4.78, 5) is 7.93. The van der Waals surface area contributed by atoms with Gasteiger partial charge in [0.05, 0.1) is 0 Å². The maximum absolute atomic E-state index is 5.41. The van der Waals surface area contributed by atoms with Gasteiger partial charge in [0, 0.05) is 17.7 Å². The number of hydrogen-bond acceptors (Lipinski definition) is 2. The van der Waals surface area contributed by atoms with E-state index >= 15 is 0 Å². The Hall–Kier alpha value is -1.48. The minimum atomic E-state index is 0.407. The van der Waals surface area contributed by atoms with Gasteiger partial charge in [-0.3, -0.25) is 0 Å². The molecule has 19 heavy (non-hydrogen) atoms. The predicted octanol–water partition coefficient (Wildman–Crippen LogP) is 4.47. The summed E-state index contributed by atoms with van der Waals surface area (Å²) in [5.74, 6) is 1.35. The minimum absolute atomic E-state index is 0.407. The quantitative estimate of drug-likeness (QED) is 0.835. The molecule has 1 aromatic carbocycles. The van der Waals surface area contributed by atoms with Crippen LogP contribution in [0, 0.1) is 18.5 Å². The largest absolute Gasteiger partial charge is 0.347 e. The number of nitrogens with zero attached hydrogens (tertiary/aromatic N) is 1. The average molecular weight is 272 g/mol. The second kappa shape index (κ2) is 5.66. The van der Waals surface area contributed by atoms with Crippen molar-refractivity contribution in [1.29, 1.82) is 0 Å². The molecular weight excluding hydrogens is 252 g/mol. The van der Waals surface area contributed by atoms with Crippen LogP contribution in [0.3, 0.4) is 0 Å². The lowest BCUT2D eigenvalue weighted by atomic mass is 10.0. The van der Waals surface area contributed by atoms with Crippen LogP contribution in [-0.2, 0) is 6.42 Å². The third kappa shape index (κ3) is 3.29. The minimum Gasteiger partial charge on any atom is -0.347 e. The van der Waals surface area contributed by atoms with E-state index in [2.05, 4.69) is 61.9 Å². The number of aromatic amines is 1. The molecule has 0 saturated carbocycles. The summed E-state index contributed by atoms with van der Waals surface area (Å²) in [7, 11) is 0. The van der Waals surface area contributed by atoms with Crippen molar-refractivity contribution in [2.75, 3.05) is 0 Å². The van der Waals surface area contributed by atoms with Gasteiger partial charge in [-0.2, -0.15) is 0 Å². The Balaban J connectivity index is 2.35. The number of H-pyrrole nitrogens is 1. The van der Waals surface area contributed by atoms with Crippen molar-refractivity contribution in [2.24, 2.45) is 0 Å².